The summed E-state index contributed by atoms with van der Waals surface area (Å²) in [5.41, 5.74) is 4.12. The van der Waals surface area contributed by atoms with E-state index in [4.69, 9.17) is 9.47 Å². The Morgan fingerprint density at radius 2 is 1.96 bits per heavy atom. The van der Waals surface area contributed by atoms with Gasteiger partial charge in [-0.1, -0.05) is 12.1 Å². The van der Waals surface area contributed by atoms with Gasteiger partial charge >= 0.3 is 0 Å². The number of benzene rings is 1. The van der Waals surface area contributed by atoms with Gasteiger partial charge in [0.2, 0.25) is 5.88 Å². The van der Waals surface area contributed by atoms with Gasteiger partial charge in [0, 0.05) is 5.56 Å². The second-order valence-electron chi connectivity index (χ2n) is 6.90. The average molecular weight is 378 g/mol. The van der Waals surface area contributed by atoms with Gasteiger partial charge in [0.1, 0.15) is 5.75 Å². The molecule has 3 aromatic rings. The fourth-order valence-electron chi connectivity index (χ4n) is 3.90. The Kier molecular flexibility index (Phi) is 4.81. The Hall–Kier alpha value is -3.22. The Labute approximate surface area is 163 Å². The van der Waals surface area contributed by atoms with Crippen LogP contribution in [0.15, 0.2) is 41.6 Å². The molecule has 1 aromatic carbocycles. The maximum absolute atomic E-state index is 13.0. The van der Waals surface area contributed by atoms with Gasteiger partial charge in [-0.2, -0.15) is 9.78 Å². The molecular weight excluding hydrogens is 356 g/mol. The number of ether oxygens (including phenoxy) is 2. The van der Waals surface area contributed by atoms with Gasteiger partial charge in [0.05, 0.1) is 32.8 Å². The molecular formula is C21H22N4O3. The van der Waals surface area contributed by atoms with Crippen molar-refractivity contribution < 1.29 is 9.47 Å². The van der Waals surface area contributed by atoms with E-state index in [1.165, 1.54) is 29.7 Å². The van der Waals surface area contributed by atoms with Crippen LogP contribution in [0, 0.1) is 6.92 Å². The second kappa shape index (κ2) is 7.42. The number of hydrogen-bond acceptors (Lipinski definition) is 6. The van der Waals surface area contributed by atoms with Crippen molar-refractivity contribution in [1.82, 2.24) is 19.7 Å². The molecule has 144 valence electrons. The molecule has 2 aromatic heterocycles. The molecule has 0 N–H and O–H groups in total. The van der Waals surface area contributed by atoms with Gasteiger partial charge in [-0.25, -0.2) is 9.97 Å². The molecule has 0 saturated carbocycles. The first kappa shape index (κ1) is 18.2. The molecule has 7 nitrogen and oxygen atoms in total. The Morgan fingerprint density at radius 3 is 2.68 bits per heavy atom. The number of fused-ring (bicyclic) bond motifs is 1. The van der Waals surface area contributed by atoms with E-state index in [0.717, 1.165) is 35.3 Å². The Bertz CT molecular complexity index is 1060. The molecule has 0 radical (unpaired) electrons. The van der Waals surface area contributed by atoms with Gasteiger partial charge < -0.3 is 9.47 Å². The minimum absolute atomic E-state index is 0.127. The standard InChI is InChI=1S/C21H22N4O3/c1-13-16(5-4-6-18(13)27-2)14-7-8-17-15(9-14)10-24-25(21(17)26)19-11-23-20(28-3)12-22-19/h4-6,10-12,14H,7-9H2,1-3H3. The van der Waals surface area contributed by atoms with Crippen molar-refractivity contribution in [2.24, 2.45) is 0 Å². The van der Waals surface area contributed by atoms with Gasteiger partial charge in [0.15, 0.2) is 5.82 Å². The summed E-state index contributed by atoms with van der Waals surface area (Å²) < 4.78 is 11.8. The van der Waals surface area contributed by atoms with Gasteiger partial charge in [-0.15, -0.1) is 0 Å². The summed E-state index contributed by atoms with van der Waals surface area (Å²) in [6, 6.07) is 6.15. The zero-order valence-electron chi connectivity index (χ0n) is 16.2. The summed E-state index contributed by atoms with van der Waals surface area (Å²) >= 11 is 0. The first-order chi connectivity index (χ1) is 13.6. The van der Waals surface area contributed by atoms with E-state index in [1.807, 2.05) is 12.1 Å². The first-order valence-corrected chi connectivity index (χ1v) is 9.22. The van der Waals surface area contributed by atoms with E-state index < -0.39 is 0 Å². The van der Waals surface area contributed by atoms with Crippen molar-refractivity contribution >= 4 is 0 Å². The van der Waals surface area contributed by atoms with Crippen molar-refractivity contribution in [2.45, 2.75) is 32.1 Å². The summed E-state index contributed by atoms with van der Waals surface area (Å²) in [7, 11) is 3.21. The topological polar surface area (TPSA) is 79.1 Å². The minimum atomic E-state index is -0.127. The molecule has 0 amide bonds. The van der Waals surface area contributed by atoms with Crippen LogP contribution in [0.3, 0.4) is 0 Å². The third-order valence-electron chi connectivity index (χ3n) is 5.40. The average Bonchev–Trinajstić information content (AvgIpc) is 2.74. The van der Waals surface area contributed by atoms with Crippen LogP contribution in [0.25, 0.3) is 5.82 Å². The SMILES string of the molecule is COc1cnc(-n2ncc3c(c2=O)CCC(c2cccc(OC)c2C)C3)cn1. The van der Waals surface area contributed by atoms with Crippen LogP contribution in [0.5, 0.6) is 11.6 Å². The van der Waals surface area contributed by atoms with Gasteiger partial charge in [-0.05, 0) is 54.9 Å². The lowest BCUT2D eigenvalue weighted by Crippen LogP contribution is -2.30. The van der Waals surface area contributed by atoms with E-state index in [0.29, 0.717) is 24.0 Å². The van der Waals surface area contributed by atoms with Crippen LogP contribution in [-0.4, -0.2) is 34.0 Å². The fourth-order valence-corrected chi connectivity index (χ4v) is 3.90. The first-order valence-electron chi connectivity index (χ1n) is 9.22. The summed E-state index contributed by atoms with van der Waals surface area (Å²) in [4.78, 5) is 21.3. The highest BCUT2D eigenvalue weighted by atomic mass is 16.5. The normalized spacial score (nSPS) is 15.8. The predicted octanol–water partition coefficient (Wildman–Crippen LogP) is 2.62. The smallest absolute Gasteiger partial charge is 0.276 e. The van der Waals surface area contributed by atoms with E-state index in [2.05, 4.69) is 28.1 Å². The van der Waals surface area contributed by atoms with Crippen molar-refractivity contribution in [2.75, 3.05) is 14.2 Å². The summed E-state index contributed by atoms with van der Waals surface area (Å²) in [6.45, 7) is 2.09. The molecule has 1 unspecified atom stereocenters. The van der Waals surface area contributed by atoms with Crippen LogP contribution >= 0.6 is 0 Å². The molecule has 0 saturated heterocycles. The molecule has 0 fully saturated rings. The monoisotopic (exact) mass is 378 g/mol. The highest BCUT2D eigenvalue weighted by molar-refractivity contribution is 5.43. The van der Waals surface area contributed by atoms with Crippen LogP contribution in [0.2, 0.25) is 0 Å². The largest absolute Gasteiger partial charge is 0.496 e. The van der Waals surface area contributed by atoms with Crippen molar-refractivity contribution in [3.8, 4) is 17.4 Å². The van der Waals surface area contributed by atoms with Crippen molar-refractivity contribution in [3.63, 3.8) is 0 Å². The zero-order chi connectivity index (χ0) is 19.7. The molecule has 28 heavy (non-hydrogen) atoms. The molecule has 1 atom stereocenters. The zero-order valence-corrected chi connectivity index (χ0v) is 16.2. The maximum atomic E-state index is 13.0. The lowest BCUT2D eigenvalue weighted by molar-refractivity contribution is 0.395. The molecule has 7 heteroatoms. The van der Waals surface area contributed by atoms with Gasteiger partial charge in [-0.3, -0.25) is 4.79 Å². The van der Waals surface area contributed by atoms with Crippen LogP contribution in [0.1, 0.15) is 34.6 Å². The van der Waals surface area contributed by atoms with Crippen LogP contribution < -0.4 is 15.0 Å². The van der Waals surface area contributed by atoms with E-state index in [1.54, 1.807) is 13.3 Å². The predicted molar refractivity (Wildman–Crippen MR) is 104 cm³/mol. The molecule has 0 aliphatic heterocycles. The highest BCUT2D eigenvalue weighted by Gasteiger charge is 2.25. The molecule has 1 aliphatic carbocycles. The number of methoxy groups -OCH3 is 2. The summed E-state index contributed by atoms with van der Waals surface area (Å²) in [5.74, 6) is 2.03. The lowest BCUT2D eigenvalue weighted by Gasteiger charge is -2.26. The molecule has 0 bridgehead atoms. The van der Waals surface area contributed by atoms with Crippen molar-refractivity contribution in [3.05, 3.63) is 69.4 Å². The molecule has 0 spiro atoms. The number of aromatic nitrogens is 4. The van der Waals surface area contributed by atoms with E-state index in [-0.39, 0.29) is 5.56 Å². The van der Waals surface area contributed by atoms with Crippen LogP contribution in [0.4, 0.5) is 0 Å². The van der Waals surface area contributed by atoms with Crippen molar-refractivity contribution in [1.29, 1.82) is 0 Å². The van der Waals surface area contributed by atoms with Crippen LogP contribution in [-0.2, 0) is 12.8 Å². The number of rotatable bonds is 4. The maximum Gasteiger partial charge on any atom is 0.276 e. The second-order valence-corrected chi connectivity index (χ2v) is 6.90. The Balaban J connectivity index is 1.66. The minimum Gasteiger partial charge on any atom is -0.496 e. The highest BCUT2D eigenvalue weighted by Crippen LogP contribution is 2.35. The third kappa shape index (κ3) is 3.13. The summed E-state index contributed by atoms with van der Waals surface area (Å²) in [6.07, 6.45) is 7.16. The fraction of sp³-hybridized carbons (Fsp3) is 0.333. The third-order valence-corrected chi connectivity index (χ3v) is 5.40. The summed E-state index contributed by atoms with van der Waals surface area (Å²) in [5, 5.41) is 4.34. The van der Waals surface area contributed by atoms with E-state index >= 15 is 0 Å². The number of nitrogens with zero attached hydrogens (tertiary/aromatic N) is 4. The lowest BCUT2D eigenvalue weighted by atomic mass is 9.79. The van der Waals surface area contributed by atoms with Gasteiger partial charge in [0.25, 0.3) is 5.56 Å². The van der Waals surface area contributed by atoms with E-state index in [9.17, 15) is 4.79 Å². The molecule has 4 rings (SSSR count). The Morgan fingerprint density at radius 1 is 1.11 bits per heavy atom. The molecule has 2 heterocycles. The quantitative estimate of drug-likeness (QED) is 0.694. The molecule has 1 aliphatic rings. The number of hydrogen-bond donors (Lipinski definition) is 0.